The van der Waals surface area contributed by atoms with Crippen LogP contribution in [0.4, 0.5) is 0 Å². The predicted molar refractivity (Wildman–Crippen MR) is 71.9 cm³/mol. The predicted octanol–water partition coefficient (Wildman–Crippen LogP) is 3.03. The summed E-state index contributed by atoms with van der Waals surface area (Å²) >= 11 is 0. The van der Waals surface area contributed by atoms with Crippen LogP contribution in [0.2, 0.25) is 0 Å². The summed E-state index contributed by atoms with van der Waals surface area (Å²) in [6.07, 6.45) is 8.05. The van der Waals surface area contributed by atoms with Crippen LogP contribution in [-0.2, 0) is 0 Å². The highest BCUT2D eigenvalue weighted by molar-refractivity contribution is 4.76. The number of nitrogens with one attached hydrogen (secondary N) is 1. The Balaban J connectivity index is 2.24. The van der Waals surface area contributed by atoms with E-state index < -0.39 is 0 Å². The normalized spacial score (nSPS) is 22.9. The smallest absolute Gasteiger partial charge is 0.00797 e. The molecule has 0 spiro atoms. The lowest BCUT2D eigenvalue weighted by Crippen LogP contribution is -2.37. The van der Waals surface area contributed by atoms with Crippen LogP contribution < -0.4 is 5.32 Å². The summed E-state index contributed by atoms with van der Waals surface area (Å²) in [6.45, 7) is 10.8. The fourth-order valence-corrected chi connectivity index (χ4v) is 2.50. The van der Waals surface area contributed by atoms with Crippen molar-refractivity contribution < 1.29 is 0 Å². The maximum atomic E-state index is 3.60. The lowest BCUT2D eigenvalue weighted by atomic mass is 10.1. The summed E-state index contributed by atoms with van der Waals surface area (Å²) in [6, 6.07) is 1.56. The molecule has 2 unspecified atom stereocenters. The zero-order valence-corrected chi connectivity index (χ0v) is 11.5. The first-order valence-electron chi connectivity index (χ1n) is 7.25. The van der Waals surface area contributed by atoms with Gasteiger partial charge in [-0.05, 0) is 58.7 Å². The monoisotopic (exact) mass is 226 g/mol. The molecule has 1 aliphatic heterocycles. The average molecular weight is 226 g/mol. The van der Waals surface area contributed by atoms with E-state index in [9.17, 15) is 0 Å². The van der Waals surface area contributed by atoms with E-state index in [4.69, 9.17) is 0 Å². The number of hydrogen-bond donors (Lipinski definition) is 1. The summed E-state index contributed by atoms with van der Waals surface area (Å²) in [4.78, 5) is 2.68. The van der Waals surface area contributed by atoms with Gasteiger partial charge in [0.15, 0.2) is 0 Å². The van der Waals surface area contributed by atoms with E-state index in [0.29, 0.717) is 0 Å². The molecule has 2 atom stereocenters. The van der Waals surface area contributed by atoms with Gasteiger partial charge >= 0.3 is 0 Å². The molecule has 2 heteroatoms. The van der Waals surface area contributed by atoms with Crippen LogP contribution in [0.3, 0.4) is 0 Å². The van der Waals surface area contributed by atoms with Gasteiger partial charge in [0.05, 0.1) is 0 Å². The number of hydrogen-bond acceptors (Lipinski definition) is 2. The molecule has 0 radical (unpaired) electrons. The largest absolute Gasteiger partial charge is 0.314 e. The summed E-state index contributed by atoms with van der Waals surface area (Å²) in [5, 5.41) is 3.60. The lowest BCUT2D eigenvalue weighted by molar-refractivity contribution is 0.192. The van der Waals surface area contributed by atoms with Crippen LogP contribution in [0.15, 0.2) is 0 Å². The van der Waals surface area contributed by atoms with E-state index in [2.05, 4.69) is 31.0 Å². The van der Waals surface area contributed by atoms with Crippen LogP contribution in [0.1, 0.15) is 59.3 Å². The molecule has 2 nitrogen and oxygen atoms in total. The second-order valence-corrected chi connectivity index (χ2v) is 5.23. The van der Waals surface area contributed by atoms with Crippen molar-refractivity contribution >= 4 is 0 Å². The molecule has 0 aromatic heterocycles. The van der Waals surface area contributed by atoms with Crippen molar-refractivity contribution in [2.75, 3.05) is 19.6 Å². The first-order valence-corrected chi connectivity index (χ1v) is 7.25. The zero-order valence-electron chi connectivity index (χ0n) is 11.5. The van der Waals surface area contributed by atoms with E-state index in [1.54, 1.807) is 0 Å². The summed E-state index contributed by atoms with van der Waals surface area (Å²) < 4.78 is 0. The van der Waals surface area contributed by atoms with Gasteiger partial charge in [-0.3, -0.25) is 0 Å². The van der Waals surface area contributed by atoms with Gasteiger partial charge in [-0.2, -0.15) is 0 Å². The third kappa shape index (κ3) is 4.84. The van der Waals surface area contributed by atoms with Gasteiger partial charge in [-0.1, -0.05) is 20.3 Å². The van der Waals surface area contributed by atoms with Gasteiger partial charge in [0.1, 0.15) is 0 Å². The number of rotatable bonds is 8. The summed E-state index contributed by atoms with van der Waals surface area (Å²) in [7, 11) is 0. The van der Waals surface area contributed by atoms with E-state index >= 15 is 0 Å². The highest BCUT2D eigenvalue weighted by Crippen LogP contribution is 2.12. The van der Waals surface area contributed by atoms with E-state index in [1.807, 2.05) is 0 Å². The molecule has 16 heavy (non-hydrogen) atoms. The molecular weight excluding hydrogens is 196 g/mol. The van der Waals surface area contributed by atoms with Crippen molar-refractivity contribution in [1.29, 1.82) is 0 Å². The molecular formula is C14H30N2. The van der Waals surface area contributed by atoms with Crippen LogP contribution >= 0.6 is 0 Å². The van der Waals surface area contributed by atoms with Crippen LogP contribution in [0, 0.1) is 0 Å². The third-order valence-corrected chi connectivity index (χ3v) is 3.94. The number of unbranched alkanes of at least 4 members (excludes halogenated alkanes) is 1. The maximum Gasteiger partial charge on any atom is 0.00797 e. The van der Waals surface area contributed by atoms with Crippen LogP contribution in [0.25, 0.3) is 0 Å². The first-order chi connectivity index (χ1) is 7.77. The Morgan fingerprint density at radius 3 is 2.69 bits per heavy atom. The molecule has 0 bridgehead atoms. The van der Waals surface area contributed by atoms with Crippen molar-refractivity contribution in [2.24, 2.45) is 0 Å². The molecule has 1 N–H and O–H groups in total. The molecule has 1 saturated heterocycles. The topological polar surface area (TPSA) is 15.3 Å². The van der Waals surface area contributed by atoms with Gasteiger partial charge in [0, 0.05) is 12.1 Å². The molecule has 0 amide bonds. The Kier molecular flexibility index (Phi) is 7.06. The summed E-state index contributed by atoms with van der Waals surface area (Å²) in [5.74, 6) is 0. The first kappa shape index (κ1) is 14.0. The fourth-order valence-electron chi connectivity index (χ4n) is 2.50. The van der Waals surface area contributed by atoms with Gasteiger partial charge in [0.25, 0.3) is 0 Å². The van der Waals surface area contributed by atoms with E-state index in [-0.39, 0.29) is 0 Å². The van der Waals surface area contributed by atoms with Gasteiger partial charge in [-0.15, -0.1) is 0 Å². The van der Waals surface area contributed by atoms with Gasteiger partial charge in [-0.25, -0.2) is 0 Å². The maximum absolute atomic E-state index is 3.60. The quantitative estimate of drug-likeness (QED) is 0.684. The minimum Gasteiger partial charge on any atom is -0.314 e. The molecule has 1 rings (SSSR count). The van der Waals surface area contributed by atoms with Crippen molar-refractivity contribution in [3.8, 4) is 0 Å². The standard InChI is InChI=1S/C14H30N2/c1-4-6-11-16(13(3)5-2)12-9-14-8-7-10-15-14/h13-15H,4-12H2,1-3H3. The van der Waals surface area contributed by atoms with Crippen LogP contribution in [0.5, 0.6) is 0 Å². The zero-order chi connectivity index (χ0) is 11.8. The Bertz CT molecular complexity index is 164. The lowest BCUT2D eigenvalue weighted by Gasteiger charge is -2.29. The van der Waals surface area contributed by atoms with E-state index in [1.165, 1.54) is 58.2 Å². The molecule has 0 aromatic carbocycles. The van der Waals surface area contributed by atoms with Crippen molar-refractivity contribution in [1.82, 2.24) is 10.2 Å². The van der Waals surface area contributed by atoms with E-state index in [0.717, 1.165) is 12.1 Å². The number of nitrogens with zero attached hydrogens (tertiary/aromatic N) is 1. The molecule has 0 aromatic rings. The molecule has 96 valence electrons. The average Bonchev–Trinajstić information content (AvgIpc) is 2.81. The highest BCUT2D eigenvalue weighted by Gasteiger charge is 2.17. The molecule has 1 aliphatic rings. The molecule has 1 fully saturated rings. The van der Waals surface area contributed by atoms with Gasteiger partial charge < -0.3 is 10.2 Å². The Labute approximate surface area is 102 Å². The Morgan fingerprint density at radius 2 is 2.12 bits per heavy atom. The highest BCUT2D eigenvalue weighted by atomic mass is 15.1. The SMILES string of the molecule is CCCCN(CCC1CCCN1)C(C)CC. The van der Waals surface area contributed by atoms with Crippen LogP contribution in [-0.4, -0.2) is 36.6 Å². The summed E-state index contributed by atoms with van der Waals surface area (Å²) in [5.41, 5.74) is 0. The second-order valence-electron chi connectivity index (χ2n) is 5.23. The molecule has 0 aliphatic carbocycles. The van der Waals surface area contributed by atoms with Crippen molar-refractivity contribution in [2.45, 2.75) is 71.4 Å². The third-order valence-electron chi connectivity index (χ3n) is 3.94. The van der Waals surface area contributed by atoms with Crippen molar-refractivity contribution in [3.05, 3.63) is 0 Å². The second kappa shape index (κ2) is 8.08. The Morgan fingerprint density at radius 1 is 1.31 bits per heavy atom. The van der Waals surface area contributed by atoms with Crippen molar-refractivity contribution in [3.63, 3.8) is 0 Å². The fraction of sp³-hybridized carbons (Fsp3) is 1.00. The minimum atomic E-state index is 0.757. The molecule has 0 saturated carbocycles. The Hall–Kier alpha value is -0.0800. The minimum absolute atomic E-state index is 0.757. The van der Waals surface area contributed by atoms with Gasteiger partial charge in [0.2, 0.25) is 0 Å². The molecule has 1 heterocycles.